The number of guanidine groups is 1. The molecular formula is C24H28N4O3. The lowest BCUT2D eigenvalue weighted by Gasteiger charge is -2.13. The molecule has 7 nitrogen and oxygen atoms in total. The molecule has 2 aromatic carbocycles. The lowest BCUT2D eigenvalue weighted by Crippen LogP contribution is -2.37. The van der Waals surface area contributed by atoms with E-state index in [9.17, 15) is 4.79 Å². The zero-order valence-electron chi connectivity index (χ0n) is 17.9. The van der Waals surface area contributed by atoms with Crippen LogP contribution in [0.15, 0.2) is 76.3 Å². The Kier molecular flexibility index (Phi) is 8.11. The number of ether oxygens (including phenoxy) is 1. The molecule has 3 N–H and O–H groups in total. The van der Waals surface area contributed by atoms with Gasteiger partial charge in [-0.3, -0.25) is 9.79 Å². The molecule has 0 saturated carbocycles. The molecule has 1 heterocycles. The lowest BCUT2D eigenvalue weighted by molar-refractivity contribution is 0.0948. The number of carbonyl (C=O) groups is 1. The molecule has 0 atom stereocenters. The van der Waals surface area contributed by atoms with E-state index in [4.69, 9.17) is 9.15 Å². The summed E-state index contributed by atoms with van der Waals surface area (Å²) in [6.07, 6.45) is 2.46. The summed E-state index contributed by atoms with van der Waals surface area (Å²) in [7, 11) is 3.40. The minimum absolute atomic E-state index is 0.139. The average Bonchev–Trinajstić information content (AvgIpc) is 3.34. The van der Waals surface area contributed by atoms with Crippen LogP contribution in [0, 0.1) is 0 Å². The second-order valence-electron chi connectivity index (χ2n) is 6.91. The number of rotatable bonds is 9. The third kappa shape index (κ3) is 6.92. The van der Waals surface area contributed by atoms with Crippen LogP contribution in [-0.2, 0) is 19.5 Å². The van der Waals surface area contributed by atoms with Gasteiger partial charge in [-0.15, -0.1) is 0 Å². The second kappa shape index (κ2) is 11.4. The number of furan rings is 1. The van der Waals surface area contributed by atoms with E-state index in [0.717, 1.165) is 30.0 Å². The zero-order valence-corrected chi connectivity index (χ0v) is 17.9. The molecule has 0 radical (unpaired) electrons. The number of nitrogens with one attached hydrogen (secondary N) is 3. The number of hydrogen-bond donors (Lipinski definition) is 3. The van der Waals surface area contributed by atoms with Gasteiger partial charge in [0.2, 0.25) is 0 Å². The zero-order chi connectivity index (χ0) is 21.9. The molecule has 0 bridgehead atoms. The first-order valence-corrected chi connectivity index (χ1v) is 10.1. The Bertz CT molecular complexity index is 982. The maximum atomic E-state index is 12.4. The van der Waals surface area contributed by atoms with E-state index in [2.05, 4.69) is 33.1 Å². The van der Waals surface area contributed by atoms with E-state index in [1.54, 1.807) is 32.6 Å². The molecule has 0 aliphatic heterocycles. The van der Waals surface area contributed by atoms with Crippen LogP contribution in [0.4, 0.5) is 0 Å². The lowest BCUT2D eigenvalue weighted by atomic mass is 10.1. The van der Waals surface area contributed by atoms with Crippen molar-refractivity contribution in [1.82, 2.24) is 16.0 Å². The van der Waals surface area contributed by atoms with Gasteiger partial charge in [-0.25, -0.2) is 0 Å². The van der Waals surface area contributed by atoms with E-state index in [1.807, 2.05) is 36.4 Å². The topological polar surface area (TPSA) is 87.9 Å². The van der Waals surface area contributed by atoms with Crippen molar-refractivity contribution in [1.29, 1.82) is 0 Å². The van der Waals surface area contributed by atoms with Crippen molar-refractivity contribution < 1.29 is 13.9 Å². The predicted octanol–water partition coefficient (Wildman–Crippen LogP) is 3.13. The number of methoxy groups -OCH3 is 1. The molecule has 0 unspecified atom stereocenters. The number of hydrogen-bond acceptors (Lipinski definition) is 4. The van der Waals surface area contributed by atoms with Crippen molar-refractivity contribution in [3.63, 3.8) is 0 Å². The third-order valence-corrected chi connectivity index (χ3v) is 4.74. The predicted molar refractivity (Wildman–Crippen MR) is 121 cm³/mol. The van der Waals surface area contributed by atoms with Crippen LogP contribution in [0.5, 0.6) is 5.75 Å². The molecule has 3 rings (SSSR count). The van der Waals surface area contributed by atoms with Gasteiger partial charge in [0.25, 0.3) is 5.91 Å². The molecule has 1 amide bonds. The first-order valence-electron chi connectivity index (χ1n) is 10.1. The molecular weight excluding hydrogens is 392 g/mol. The number of benzene rings is 2. The standard InChI is InChI=1S/C24H28N4O3/c1-25-24(26-13-12-18-8-10-21(30-2)11-9-18)28-16-19-5-3-6-20(15-19)23(29)27-17-22-7-4-14-31-22/h3-11,14-15H,12-13,16-17H2,1-2H3,(H,27,29)(H2,25,26,28). The highest BCUT2D eigenvalue weighted by molar-refractivity contribution is 5.94. The second-order valence-corrected chi connectivity index (χ2v) is 6.91. The van der Waals surface area contributed by atoms with Crippen molar-refractivity contribution in [3.05, 3.63) is 89.4 Å². The molecule has 0 aliphatic rings. The largest absolute Gasteiger partial charge is 0.497 e. The molecule has 31 heavy (non-hydrogen) atoms. The Hall–Kier alpha value is -3.74. The summed E-state index contributed by atoms with van der Waals surface area (Å²) in [6.45, 7) is 1.67. The maximum absolute atomic E-state index is 12.4. The summed E-state index contributed by atoms with van der Waals surface area (Å²) in [6, 6.07) is 19.2. The monoisotopic (exact) mass is 420 g/mol. The van der Waals surface area contributed by atoms with Crippen molar-refractivity contribution in [2.24, 2.45) is 4.99 Å². The van der Waals surface area contributed by atoms with Crippen LogP contribution in [0.25, 0.3) is 0 Å². The van der Waals surface area contributed by atoms with Crippen LogP contribution in [0.3, 0.4) is 0 Å². The Morgan fingerprint density at radius 3 is 2.52 bits per heavy atom. The van der Waals surface area contributed by atoms with Gasteiger partial charge in [0.1, 0.15) is 11.5 Å². The van der Waals surface area contributed by atoms with Crippen molar-refractivity contribution in [3.8, 4) is 5.75 Å². The number of nitrogens with zero attached hydrogens (tertiary/aromatic N) is 1. The van der Waals surface area contributed by atoms with Crippen LogP contribution in [0.1, 0.15) is 27.2 Å². The minimum Gasteiger partial charge on any atom is -0.497 e. The molecule has 0 aliphatic carbocycles. The summed E-state index contributed by atoms with van der Waals surface area (Å²) in [5, 5.41) is 9.45. The Morgan fingerprint density at radius 1 is 0.968 bits per heavy atom. The number of carbonyl (C=O) groups excluding carboxylic acids is 1. The average molecular weight is 421 g/mol. The van der Waals surface area contributed by atoms with E-state index in [-0.39, 0.29) is 5.91 Å². The van der Waals surface area contributed by atoms with Gasteiger partial charge in [-0.1, -0.05) is 24.3 Å². The smallest absolute Gasteiger partial charge is 0.251 e. The first-order chi connectivity index (χ1) is 15.2. The Morgan fingerprint density at radius 2 is 1.81 bits per heavy atom. The normalized spacial score (nSPS) is 11.1. The Balaban J connectivity index is 1.45. The minimum atomic E-state index is -0.139. The third-order valence-electron chi connectivity index (χ3n) is 4.74. The van der Waals surface area contributed by atoms with Crippen LogP contribution in [0.2, 0.25) is 0 Å². The maximum Gasteiger partial charge on any atom is 0.251 e. The van der Waals surface area contributed by atoms with Crippen LogP contribution < -0.4 is 20.7 Å². The number of aliphatic imine (C=N–C) groups is 1. The summed E-state index contributed by atoms with van der Waals surface area (Å²) < 4.78 is 10.4. The Labute approximate surface area is 182 Å². The summed E-state index contributed by atoms with van der Waals surface area (Å²) in [5.74, 6) is 2.14. The van der Waals surface area contributed by atoms with Gasteiger partial charge in [0.15, 0.2) is 5.96 Å². The van der Waals surface area contributed by atoms with Crippen molar-refractivity contribution in [2.45, 2.75) is 19.5 Å². The van der Waals surface area contributed by atoms with Crippen molar-refractivity contribution >= 4 is 11.9 Å². The SMILES string of the molecule is CN=C(NCCc1ccc(OC)cc1)NCc1cccc(C(=O)NCc2ccco2)c1. The molecule has 0 fully saturated rings. The highest BCUT2D eigenvalue weighted by Crippen LogP contribution is 2.11. The number of amides is 1. The van der Waals surface area contributed by atoms with E-state index in [0.29, 0.717) is 24.6 Å². The van der Waals surface area contributed by atoms with E-state index >= 15 is 0 Å². The van der Waals surface area contributed by atoms with Gasteiger partial charge in [-0.05, 0) is 53.9 Å². The van der Waals surface area contributed by atoms with E-state index < -0.39 is 0 Å². The molecule has 7 heteroatoms. The van der Waals surface area contributed by atoms with Gasteiger partial charge >= 0.3 is 0 Å². The van der Waals surface area contributed by atoms with E-state index in [1.165, 1.54) is 5.56 Å². The fourth-order valence-corrected chi connectivity index (χ4v) is 3.03. The fourth-order valence-electron chi connectivity index (χ4n) is 3.03. The summed E-state index contributed by atoms with van der Waals surface area (Å²) in [5.41, 5.74) is 2.81. The molecule has 0 saturated heterocycles. The van der Waals surface area contributed by atoms with Gasteiger partial charge in [0, 0.05) is 25.7 Å². The summed E-state index contributed by atoms with van der Waals surface area (Å²) in [4.78, 5) is 16.6. The van der Waals surface area contributed by atoms with Gasteiger partial charge < -0.3 is 25.1 Å². The molecule has 0 spiro atoms. The highest BCUT2D eigenvalue weighted by atomic mass is 16.5. The fraction of sp³-hybridized carbons (Fsp3) is 0.250. The molecule has 1 aromatic heterocycles. The summed E-state index contributed by atoms with van der Waals surface area (Å²) >= 11 is 0. The highest BCUT2D eigenvalue weighted by Gasteiger charge is 2.07. The van der Waals surface area contributed by atoms with Gasteiger partial charge in [0.05, 0.1) is 19.9 Å². The molecule has 162 valence electrons. The van der Waals surface area contributed by atoms with Crippen LogP contribution >= 0.6 is 0 Å². The first kappa shape index (κ1) is 22.0. The quantitative estimate of drug-likeness (QED) is 0.366. The molecule has 3 aromatic rings. The van der Waals surface area contributed by atoms with Crippen LogP contribution in [-0.4, -0.2) is 32.6 Å². The van der Waals surface area contributed by atoms with Gasteiger partial charge in [-0.2, -0.15) is 0 Å². The van der Waals surface area contributed by atoms with Crippen molar-refractivity contribution in [2.75, 3.05) is 20.7 Å².